The van der Waals surface area contributed by atoms with Gasteiger partial charge in [-0.1, -0.05) is 18.2 Å². The van der Waals surface area contributed by atoms with Crippen molar-refractivity contribution in [2.24, 2.45) is 0 Å². The van der Waals surface area contributed by atoms with E-state index < -0.39 is 5.97 Å². The molecule has 0 atom stereocenters. The van der Waals surface area contributed by atoms with E-state index in [9.17, 15) is 4.79 Å². The quantitative estimate of drug-likeness (QED) is 0.836. The van der Waals surface area contributed by atoms with Crippen LogP contribution in [0.1, 0.15) is 5.56 Å². The van der Waals surface area contributed by atoms with Crippen LogP contribution in [0, 0.1) is 0 Å². The van der Waals surface area contributed by atoms with Gasteiger partial charge < -0.3 is 9.84 Å². The molecule has 4 nitrogen and oxygen atoms in total. The fraction of sp³-hybridized carbons (Fsp3) is 0. The predicted octanol–water partition coefficient (Wildman–Crippen LogP) is 2.97. The van der Waals surface area contributed by atoms with E-state index in [0.717, 1.165) is 6.08 Å². The number of pyridine rings is 1. The summed E-state index contributed by atoms with van der Waals surface area (Å²) in [6, 6.07) is 11.0. The molecule has 0 aliphatic heterocycles. The Labute approximate surface area is 104 Å². The number of carboxylic acids is 1. The molecule has 1 heterocycles. The molecule has 4 heteroatoms. The third kappa shape index (κ3) is 3.18. The van der Waals surface area contributed by atoms with Gasteiger partial charge in [-0.2, -0.15) is 0 Å². The summed E-state index contributed by atoms with van der Waals surface area (Å²) >= 11 is 0. The van der Waals surface area contributed by atoms with Crippen LogP contribution in [0.3, 0.4) is 0 Å². The van der Waals surface area contributed by atoms with Crippen molar-refractivity contribution >= 4 is 12.0 Å². The van der Waals surface area contributed by atoms with Crippen molar-refractivity contribution in [1.82, 2.24) is 4.98 Å². The number of carboxylic acid groups (broad SMARTS) is 1. The van der Waals surface area contributed by atoms with Gasteiger partial charge >= 0.3 is 5.97 Å². The van der Waals surface area contributed by atoms with E-state index >= 15 is 0 Å². The van der Waals surface area contributed by atoms with Crippen LogP contribution in [0.2, 0.25) is 0 Å². The number of aliphatic carboxylic acids is 1. The van der Waals surface area contributed by atoms with Crippen LogP contribution < -0.4 is 4.74 Å². The van der Waals surface area contributed by atoms with Crippen LogP contribution in [0.4, 0.5) is 0 Å². The summed E-state index contributed by atoms with van der Waals surface area (Å²) in [7, 11) is 0. The predicted molar refractivity (Wildman–Crippen MR) is 67.4 cm³/mol. The molecule has 1 aromatic heterocycles. The lowest BCUT2D eigenvalue weighted by molar-refractivity contribution is -0.131. The number of para-hydroxylation sites is 1. The lowest BCUT2D eigenvalue weighted by Crippen LogP contribution is -1.90. The van der Waals surface area contributed by atoms with Gasteiger partial charge in [0.2, 0.25) is 0 Å². The highest BCUT2D eigenvalue weighted by Crippen LogP contribution is 2.24. The second-order valence-electron chi connectivity index (χ2n) is 3.50. The van der Waals surface area contributed by atoms with E-state index in [4.69, 9.17) is 9.84 Å². The van der Waals surface area contributed by atoms with Crippen molar-refractivity contribution in [3.63, 3.8) is 0 Å². The van der Waals surface area contributed by atoms with Crippen LogP contribution in [0.5, 0.6) is 11.5 Å². The molecule has 0 aliphatic rings. The first-order valence-electron chi connectivity index (χ1n) is 5.33. The average molecular weight is 241 g/mol. The van der Waals surface area contributed by atoms with E-state index in [0.29, 0.717) is 17.1 Å². The van der Waals surface area contributed by atoms with Crippen molar-refractivity contribution in [2.75, 3.05) is 0 Å². The summed E-state index contributed by atoms with van der Waals surface area (Å²) in [6.07, 6.45) is 5.65. The van der Waals surface area contributed by atoms with Gasteiger partial charge in [0.25, 0.3) is 0 Å². The number of ether oxygens (including phenoxy) is 1. The molecule has 0 aliphatic carbocycles. The summed E-state index contributed by atoms with van der Waals surface area (Å²) in [5, 5.41) is 8.61. The Hall–Kier alpha value is -2.62. The molecule has 2 aromatic rings. The molecule has 0 radical (unpaired) electrons. The SMILES string of the molecule is O=C(O)C=Cc1cnccc1Oc1ccccc1. The molecule has 90 valence electrons. The topological polar surface area (TPSA) is 59.4 Å². The maximum Gasteiger partial charge on any atom is 0.328 e. The van der Waals surface area contributed by atoms with E-state index in [1.54, 1.807) is 18.5 Å². The summed E-state index contributed by atoms with van der Waals surface area (Å²) < 4.78 is 5.66. The molecule has 0 bridgehead atoms. The Kier molecular flexibility index (Phi) is 3.71. The van der Waals surface area contributed by atoms with Gasteiger partial charge in [-0.3, -0.25) is 4.98 Å². The third-order valence-electron chi connectivity index (χ3n) is 2.19. The van der Waals surface area contributed by atoms with Crippen LogP contribution in [0.25, 0.3) is 6.08 Å². The Balaban J connectivity index is 2.25. The van der Waals surface area contributed by atoms with Crippen molar-refractivity contribution in [2.45, 2.75) is 0 Å². The van der Waals surface area contributed by atoms with Gasteiger partial charge in [-0.15, -0.1) is 0 Å². The van der Waals surface area contributed by atoms with Crippen LogP contribution in [-0.4, -0.2) is 16.1 Å². The minimum Gasteiger partial charge on any atom is -0.478 e. The standard InChI is InChI=1S/C14H11NO3/c16-14(17)7-6-11-10-15-9-8-13(11)18-12-4-2-1-3-5-12/h1-10H,(H,16,17). The molecule has 0 saturated heterocycles. The van der Waals surface area contributed by atoms with E-state index in [-0.39, 0.29) is 0 Å². The zero-order chi connectivity index (χ0) is 12.8. The molecule has 0 spiro atoms. The largest absolute Gasteiger partial charge is 0.478 e. The maximum atomic E-state index is 10.5. The molecule has 1 aromatic carbocycles. The Morgan fingerprint density at radius 2 is 2.00 bits per heavy atom. The van der Waals surface area contributed by atoms with Gasteiger partial charge in [0, 0.05) is 24.0 Å². The molecule has 0 unspecified atom stereocenters. The fourth-order valence-corrected chi connectivity index (χ4v) is 1.39. The van der Waals surface area contributed by atoms with E-state index in [2.05, 4.69) is 4.98 Å². The van der Waals surface area contributed by atoms with Gasteiger partial charge in [-0.05, 0) is 24.3 Å². The lowest BCUT2D eigenvalue weighted by Gasteiger charge is -2.07. The highest BCUT2D eigenvalue weighted by atomic mass is 16.5. The highest BCUT2D eigenvalue weighted by molar-refractivity contribution is 5.85. The van der Waals surface area contributed by atoms with Crippen LogP contribution in [0.15, 0.2) is 54.9 Å². The first-order valence-corrected chi connectivity index (χ1v) is 5.33. The summed E-state index contributed by atoms with van der Waals surface area (Å²) in [5.41, 5.74) is 0.615. The third-order valence-corrected chi connectivity index (χ3v) is 2.19. The summed E-state index contributed by atoms with van der Waals surface area (Å²) in [4.78, 5) is 14.4. The Morgan fingerprint density at radius 3 is 2.72 bits per heavy atom. The van der Waals surface area contributed by atoms with E-state index in [1.165, 1.54) is 6.08 Å². The van der Waals surface area contributed by atoms with Crippen molar-refractivity contribution in [3.8, 4) is 11.5 Å². The number of rotatable bonds is 4. The number of aromatic nitrogens is 1. The first kappa shape index (κ1) is 11.9. The Bertz CT molecular complexity index is 564. The molecule has 0 fully saturated rings. The maximum absolute atomic E-state index is 10.5. The molecule has 1 N–H and O–H groups in total. The number of nitrogens with zero attached hydrogens (tertiary/aromatic N) is 1. The fourth-order valence-electron chi connectivity index (χ4n) is 1.39. The molecule has 2 rings (SSSR count). The second-order valence-corrected chi connectivity index (χ2v) is 3.50. The summed E-state index contributed by atoms with van der Waals surface area (Å²) in [6.45, 7) is 0. The molecule has 0 amide bonds. The first-order chi connectivity index (χ1) is 8.75. The number of hydrogen-bond acceptors (Lipinski definition) is 3. The Morgan fingerprint density at radius 1 is 1.22 bits per heavy atom. The van der Waals surface area contributed by atoms with Gasteiger partial charge in [0.1, 0.15) is 11.5 Å². The van der Waals surface area contributed by atoms with Crippen molar-refractivity contribution in [3.05, 3.63) is 60.4 Å². The van der Waals surface area contributed by atoms with Gasteiger partial charge in [-0.25, -0.2) is 4.79 Å². The number of benzene rings is 1. The molecular weight excluding hydrogens is 230 g/mol. The van der Waals surface area contributed by atoms with Crippen molar-refractivity contribution < 1.29 is 14.6 Å². The minimum atomic E-state index is -1.01. The lowest BCUT2D eigenvalue weighted by atomic mass is 10.2. The van der Waals surface area contributed by atoms with Gasteiger partial charge in [0.15, 0.2) is 0 Å². The van der Waals surface area contributed by atoms with Crippen LogP contribution >= 0.6 is 0 Å². The monoisotopic (exact) mass is 241 g/mol. The van der Waals surface area contributed by atoms with Crippen molar-refractivity contribution in [1.29, 1.82) is 0 Å². The smallest absolute Gasteiger partial charge is 0.328 e. The molecular formula is C14H11NO3. The highest BCUT2D eigenvalue weighted by Gasteiger charge is 2.02. The van der Waals surface area contributed by atoms with Gasteiger partial charge in [0.05, 0.1) is 0 Å². The van der Waals surface area contributed by atoms with E-state index in [1.807, 2.05) is 30.3 Å². The zero-order valence-electron chi connectivity index (χ0n) is 9.48. The molecule has 18 heavy (non-hydrogen) atoms. The average Bonchev–Trinajstić information content (AvgIpc) is 2.39. The summed E-state index contributed by atoms with van der Waals surface area (Å²) in [5.74, 6) is 0.242. The van der Waals surface area contributed by atoms with Crippen LogP contribution in [-0.2, 0) is 4.79 Å². The molecule has 0 saturated carbocycles. The number of carbonyl (C=O) groups is 1. The second kappa shape index (κ2) is 5.63. The number of hydrogen-bond donors (Lipinski definition) is 1. The zero-order valence-corrected chi connectivity index (χ0v) is 9.48. The minimum absolute atomic E-state index is 0.564. The normalized spacial score (nSPS) is 10.4.